The minimum Gasteiger partial charge on any atom is -0.478 e. The Bertz CT molecular complexity index is 1020. The van der Waals surface area contributed by atoms with Crippen LogP contribution in [0.2, 0.25) is 0 Å². The molecule has 1 N–H and O–H groups in total. The molecule has 0 fully saturated rings. The molecule has 0 radical (unpaired) electrons. The van der Waals surface area contributed by atoms with E-state index in [0.29, 0.717) is 6.42 Å². The van der Waals surface area contributed by atoms with Gasteiger partial charge in [-0.2, -0.15) is 0 Å². The van der Waals surface area contributed by atoms with Gasteiger partial charge in [-0.15, -0.1) is 0 Å². The van der Waals surface area contributed by atoms with Crippen molar-refractivity contribution in [3.8, 4) is 0 Å². The highest BCUT2D eigenvalue weighted by Gasteiger charge is 2.37. The summed E-state index contributed by atoms with van der Waals surface area (Å²) in [5.74, 6) is -0.721. The van der Waals surface area contributed by atoms with E-state index in [-0.39, 0.29) is 22.2 Å². The summed E-state index contributed by atoms with van der Waals surface area (Å²) in [6.07, 6.45) is 9.87. The molecule has 32 heavy (non-hydrogen) atoms. The van der Waals surface area contributed by atoms with Crippen molar-refractivity contribution in [2.75, 3.05) is 0 Å². The molecule has 0 unspecified atom stereocenters. The van der Waals surface area contributed by atoms with Crippen molar-refractivity contribution < 1.29 is 14.7 Å². The number of fused-ring (bicyclic) bond motifs is 1. The van der Waals surface area contributed by atoms with Crippen molar-refractivity contribution >= 4 is 23.9 Å². The maximum absolute atomic E-state index is 13.2. The minimum absolute atomic E-state index is 0.0538. The predicted molar refractivity (Wildman–Crippen MR) is 133 cm³/mol. The van der Waals surface area contributed by atoms with Gasteiger partial charge in [-0.05, 0) is 70.5 Å². The van der Waals surface area contributed by atoms with Crippen molar-refractivity contribution in [1.82, 2.24) is 0 Å². The van der Waals surface area contributed by atoms with E-state index in [4.69, 9.17) is 5.11 Å². The van der Waals surface area contributed by atoms with Gasteiger partial charge in [-0.1, -0.05) is 77.8 Å². The summed E-state index contributed by atoms with van der Waals surface area (Å²) in [6.45, 7) is 11.3. The van der Waals surface area contributed by atoms with E-state index in [1.54, 1.807) is 24.3 Å². The Hall–Kier alpha value is -2.68. The molecule has 0 spiro atoms. The number of Topliss-reactive ketones (excluding diaryl/α,β-unsaturated/α-hetero) is 1. The van der Waals surface area contributed by atoms with Gasteiger partial charge in [0.15, 0.2) is 5.78 Å². The number of hydrogen-bond acceptors (Lipinski definition) is 2. The molecule has 0 heterocycles. The van der Waals surface area contributed by atoms with E-state index in [0.717, 1.165) is 48.8 Å². The molecule has 0 saturated heterocycles. The smallest absolute Gasteiger partial charge is 0.335 e. The fraction of sp³-hybridized carbons (Fsp3) is 0.448. The van der Waals surface area contributed by atoms with Gasteiger partial charge in [-0.25, -0.2) is 4.79 Å². The van der Waals surface area contributed by atoms with E-state index in [9.17, 15) is 9.59 Å². The lowest BCUT2D eigenvalue weighted by Crippen LogP contribution is -2.34. The van der Waals surface area contributed by atoms with Gasteiger partial charge in [-0.3, -0.25) is 4.79 Å². The van der Waals surface area contributed by atoms with Gasteiger partial charge in [0.1, 0.15) is 0 Å². The van der Waals surface area contributed by atoms with E-state index in [1.165, 1.54) is 11.1 Å². The molecule has 0 bridgehead atoms. The van der Waals surface area contributed by atoms with Crippen LogP contribution in [0, 0.1) is 0 Å². The van der Waals surface area contributed by atoms with Crippen LogP contribution in [-0.4, -0.2) is 16.9 Å². The summed E-state index contributed by atoms with van der Waals surface area (Å²) < 4.78 is 0. The molecule has 2 aromatic carbocycles. The zero-order valence-corrected chi connectivity index (χ0v) is 20.1. The van der Waals surface area contributed by atoms with Crippen LogP contribution in [0.4, 0.5) is 0 Å². The van der Waals surface area contributed by atoms with Gasteiger partial charge in [0.25, 0.3) is 0 Å². The first-order valence-corrected chi connectivity index (χ1v) is 11.8. The molecular formula is C29H36O3. The highest BCUT2D eigenvalue weighted by Crippen LogP contribution is 2.47. The Balaban J connectivity index is 2.05. The molecule has 0 atom stereocenters. The lowest BCUT2D eigenvalue weighted by molar-refractivity contribution is 0.0696. The summed E-state index contributed by atoms with van der Waals surface area (Å²) >= 11 is 0. The first-order chi connectivity index (χ1) is 15.0. The molecule has 1 aliphatic rings. The fourth-order valence-corrected chi connectivity index (χ4v) is 4.60. The molecule has 0 aliphatic heterocycles. The molecule has 0 saturated carbocycles. The van der Waals surface area contributed by atoms with Crippen LogP contribution in [0.5, 0.6) is 0 Å². The van der Waals surface area contributed by atoms with Crippen LogP contribution in [0.3, 0.4) is 0 Å². The quantitative estimate of drug-likeness (QED) is 0.264. The largest absolute Gasteiger partial charge is 0.478 e. The third-order valence-corrected chi connectivity index (χ3v) is 6.94. The normalized spacial score (nSPS) is 16.7. The Kier molecular flexibility index (Phi) is 7.07. The molecule has 0 aromatic heterocycles. The Morgan fingerprint density at radius 1 is 0.906 bits per heavy atom. The molecule has 3 heteroatoms. The molecule has 3 nitrogen and oxygen atoms in total. The van der Waals surface area contributed by atoms with Crippen molar-refractivity contribution in [1.29, 1.82) is 0 Å². The Labute approximate surface area is 192 Å². The number of hydrogen-bond donors (Lipinski definition) is 1. The van der Waals surface area contributed by atoms with Gasteiger partial charge in [0, 0.05) is 12.0 Å². The highest BCUT2D eigenvalue weighted by atomic mass is 16.4. The predicted octanol–water partition coefficient (Wildman–Crippen LogP) is 7.67. The topological polar surface area (TPSA) is 54.4 Å². The van der Waals surface area contributed by atoms with Gasteiger partial charge in [0.2, 0.25) is 0 Å². The SMILES string of the molecule is CCCCCC(=O)c1cc2c(cc1/C=C/c1ccc(C(=O)O)cc1)C(C)(C)CCC2(C)C. The average Bonchev–Trinajstić information content (AvgIpc) is 2.75. The average molecular weight is 433 g/mol. The number of unbranched alkanes of at least 4 members (excludes halogenated alkanes) is 2. The lowest BCUT2D eigenvalue weighted by Gasteiger charge is -2.42. The van der Waals surface area contributed by atoms with Crippen molar-refractivity contribution in [2.24, 2.45) is 0 Å². The second kappa shape index (κ2) is 9.44. The van der Waals surface area contributed by atoms with E-state index in [2.05, 4.69) is 46.8 Å². The number of benzene rings is 2. The number of ketones is 1. The number of carboxylic acids is 1. The van der Waals surface area contributed by atoms with Crippen LogP contribution in [0.15, 0.2) is 36.4 Å². The van der Waals surface area contributed by atoms with Crippen LogP contribution >= 0.6 is 0 Å². The maximum atomic E-state index is 13.2. The van der Waals surface area contributed by atoms with Gasteiger partial charge >= 0.3 is 5.97 Å². The highest BCUT2D eigenvalue weighted by molar-refractivity contribution is 6.00. The molecule has 3 rings (SSSR count). The third-order valence-electron chi connectivity index (χ3n) is 6.94. The van der Waals surface area contributed by atoms with E-state index in [1.807, 2.05) is 12.2 Å². The number of carboxylic acid groups (broad SMARTS) is 1. The lowest BCUT2D eigenvalue weighted by atomic mass is 9.62. The van der Waals surface area contributed by atoms with Crippen LogP contribution < -0.4 is 0 Å². The zero-order chi connectivity index (χ0) is 23.5. The van der Waals surface area contributed by atoms with E-state index >= 15 is 0 Å². The summed E-state index contributed by atoms with van der Waals surface area (Å²) in [4.78, 5) is 24.3. The number of aromatic carboxylic acids is 1. The zero-order valence-electron chi connectivity index (χ0n) is 20.1. The van der Waals surface area contributed by atoms with Gasteiger partial charge < -0.3 is 5.11 Å². The number of carbonyl (C=O) groups excluding carboxylic acids is 1. The molecular weight excluding hydrogens is 396 g/mol. The molecule has 0 amide bonds. The first kappa shape index (κ1) is 24.0. The van der Waals surface area contributed by atoms with Crippen molar-refractivity contribution in [3.05, 3.63) is 69.8 Å². The molecule has 170 valence electrons. The summed E-state index contributed by atoms with van der Waals surface area (Å²) in [5.41, 5.74) is 5.71. The summed E-state index contributed by atoms with van der Waals surface area (Å²) in [6, 6.07) is 11.2. The van der Waals surface area contributed by atoms with Crippen LogP contribution in [0.25, 0.3) is 12.2 Å². The van der Waals surface area contributed by atoms with Crippen LogP contribution in [-0.2, 0) is 10.8 Å². The number of carbonyl (C=O) groups is 2. The minimum atomic E-state index is -0.931. The van der Waals surface area contributed by atoms with Crippen molar-refractivity contribution in [2.45, 2.75) is 84.0 Å². The second-order valence-electron chi connectivity index (χ2n) is 10.4. The van der Waals surface area contributed by atoms with E-state index < -0.39 is 5.97 Å². The summed E-state index contributed by atoms with van der Waals surface area (Å²) in [7, 11) is 0. The number of rotatable bonds is 8. The van der Waals surface area contributed by atoms with Crippen molar-refractivity contribution in [3.63, 3.8) is 0 Å². The molecule has 2 aromatic rings. The summed E-state index contributed by atoms with van der Waals surface area (Å²) in [5, 5.41) is 9.12. The molecule has 1 aliphatic carbocycles. The van der Waals surface area contributed by atoms with Gasteiger partial charge in [0.05, 0.1) is 5.56 Å². The fourth-order valence-electron chi connectivity index (χ4n) is 4.60. The Morgan fingerprint density at radius 2 is 1.50 bits per heavy atom. The Morgan fingerprint density at radius 3 is 2.06 bits per heavy atom. The maximum Gasteiger partial charge on any atom is 0.335 e. The van der Waals surface area contributed by atoms with Crippen LogP contribution in [0.1, 0.15) is 116 Å². The second-order valence-corrected chi connectivity index (χ2v) is 10.4. The monoisotopic (exact) mass is 432 g/mol. The third kappa shape index (κ3) is 5.20. The first-order valence-electron chi connectivity index (χ1n) is 11.8. The standard InChI is InChI=1S/C29H36O3/c1-6-7-8-9-26(30)23-19-25-24(28(2,3)16-17-29(25,4)5)18-22(23)15-12-20-10-13-21(14-11-20)27(31)32/h10-15,18-19H,6-9,16-17H2,1-5H3,(H,31,32)/b15-12+.